The van der Waals surface area contributed by atoms with Crippen LogP contribution in [0.4, 0.5) is 20.0 Å². The van der Waals surface area contributed by atoms with Crippen molar-refractivity contribution in [3.8, 4) is 11.1 Å². The Balaban J connectivity index is 1.37. The number of carbonyl (C=O) groups excluding carboxylic acids is 1. The average Bonchev–Trinajstić information content (AvgIpc) is 3.28. The van der Waals surface area contributed by atoms with Gasteiger partial charge in [-0.15, -0.1) is 0 Å². The summed E-state index contributed by atoms with van der Waals surface area (Å²) in [6, 6.07) is 16.8. The van der Waals surface area contributed by atoms with Crippen molar-refractivity contribution in [2.75, 3.05) is 23.7 Å². The fraction of sp³-hybridized carbons (Fsp3) is 0.200. The van der Waals surface area contributed by atoms with Crippen molar-refractivity contribution < 1.29 is 9.18 Å². The number of benzene rings is 3. The summed E-state index contributed by atoms with van der Waals surface area (Å²) in [7, 11) is 0. The van der Waals surface area contributed by atoms with E-state index in [1.807, 2.05) is 29.2 Å². The van der Waals surface area contributed by atoms with Crippen molar-refractivity contribution in [2.45, 2.75) is 20.4 Å². The van der Waals surface area contributed by atoms with Crippen molar-refractivity contribution in [1.29, 1.82) is 0 Å². The maximum Gasteiger partial charge on any atom is 0.324 e. The molecule has 1 aliphatic heterocycles. The van der Waals surface area contributed by atoms with Crippen LogP contribution in [0.3, 0.4) is 0 Å². The van der Waals surface area contributed by atoms with Crippen LogP contribution in [0, 0.1) is 19.7 Å². The molecule has 1 fully saturated rings. The highest BCUT2D eigenvalue weighted by Gasteiger charge is 2.30. The first-order valence-corrected chi connectivity index (χ1v) is 11.3. The fourth-order valence-corrected chi connectivity index (χ4v) is 5.14. The molecule has 2 amide bonds. The second kappa shape index (κ2) is 7.91. The highest BCUT2D eigenvalue weighted by Crippen LogP contribution is 2.33. The van der Waals surface area contributed by atoms with Gasteiger partial charge >= 0.3 is 6.03 Å². The Bertz CT molecular complexity index is 1330. The van der Waals surface area contributed by atoms with Gasteiger partial charge in [0.05, 0.1) is 10.2 Å². The minimum absolute atomic E-state index is 0.0992. The Labute approximate surface area is 189 Å². The predicted molar refractivity (Wildman–Crippen MR) is 128 cm³/mol. The molecule has 162 valence electrons. The van der Waals surface area contributed by atoms with Gasteiger partial charge in [0.15, 0.2) is 5.13 Å². The number of nitrogens with two attached hydrogens (primary N) is 1. The highest BCUT2D eigenvalue weighted by molar-refractivity contribution is 7.22. The van der Waals surface area contributed by atoms with Gasteiger partial charge in [-0.25, -0.2) is 14.2 Å². The number of fused-ring (bicyclic) bond motifs is 1. The first kappa shape index (κ1) is 20.5. The lowest BCUT2D eigenvalue weighted by molar-refractivity contribution is 0.218. The van der Waals surface area contributed by atoms with Gasteiger partial charge in [-0.3, -0.25) is 4.90 Å². The lowest BCUT2D eigenvalue weighted by Crippen LogP contribution is -2.31. The summed E-state index contributed by atoms with van der Waals surface area (Å²) in [5.74, 6) is -0.361. The van der Waals surface area contributed by atoms with Crippen LogP contribution in [0.5, 0.6) is 0 Å². The molecular weight excluding hydrogens is 423 g/mol. The third-order valence-electron chi connectivity index (χ3n) is 5.73. The summed E-state index contributed by atoms with van der Waals surface area (Å²) in [5.41, 5.74) is 11.9. The normalized spacial score (nSPS) is 14.0. The van der Waals surface area contributed by atoms with Crippen LogP contribution < -0.4 is 10.6 Å². The van der Waals surface area contributed by atoms with E-state index in [4.69, 9.17) is 5.73 Å². The van der Waals surface area contributed by atoms with Gasteiger partial charge in [0, 0.05) is 30.9 Å². The topological polar surface area (TPSA) is 62.5 Å². The molecule has 32 heavy (non-hydrogen) atoms. The Kier molecular flexibility index (Phi) is 5.06. The summed E-state index contributed by atoms with van der Waals surface area (Å²) in [6.07, 6.45) is 0. The molecule has 2 heterocycles. The van der Waals surface area contributed by atoms with E-state index < -0.39 is 0 Å². The number of hydrogen-bond acceptors (Lipinski definition) is 4. The Morgan fingerprint density at radius 2 is 1.81 bits per heavy atom. The van der Waals surface area contributed by atoms with E-state index in [0.717, 1.165) is 21.3 Å². The van der Waals surface area contributed by atoms with Gasteiger partial charge in [-0.05, 0) is 55.3 Å². The number of halogens is 1. The zero-order chi connectivity index (χ0) is 22.4. The molecule has 1 aromatic heterocycles. The van der Waals surface area contributed by atoms with Crippen LogP contribution in [-0.2, 0) is 6.54 Å². The number of aryl methyl sites for hydroxylation is 2. The molecule has 1 aliphatic rings. The summed E-state index contributed by atoms with van der Waals surface area (Å²) < 4.78 is 16.0. The first-order chi connectivity index (χ1) is 15.4. The number of amides is 2. The summed E-state index contributed by atoms with van der Waals surface area (Å²) >= 11 is 1.38. The van der Waals surface area contributed by atoms with E-state index in [0.29, 0.717) is 36.0 Å². The maximum atomic E-state index is 15.1. The maximum absolute atomic E-state index is 15.1. The van der Waals surface area contributed by atoms with Gasteiger partial charge < -0.3 is 10.6 Å². The Morgan fingerprint density at radius 3 is 2.56 bits per heavy atom. The summed E-state index contributed by atoms with van der Waals surface area (Å²) in [6.45, 7) is 5.81. The Morgan fingerprint density at radius 1 is 1.03 bits per heavy atom. The zero-order valence-electron chi connectivity index (χ0n) is 17.9. The van der Waals surface area contributed by atoms with Crippen molar-refractivity contribution in [3.63, 3.8) is 0 Å². The molecule has 1 saturated heterocycles. The molecule has 0 spiro atoms. The molecule has 7 heteroatoms. The summed E-state index contributed by atoms with van der Waals surface area (Å²) in [4.78, 5) is 20.7. The minimum atomic E-state index is -0.361. The summed E-state index contributed by atoms with van der Waals surface area (Å²) in [5, 5.41) is 0.492. The predicted octanol–water partition coefficient (Wildman–Crippen LogP) is 5.74. The number of nitrogens with zero attached hydrogens (tertiary/aromatic N) is 3. The molecule has 0 atom stereocenters. The van der Waals surface area contributed by atoms with Crippen molar-refractivity contribution in [1.82, 2.24) is 9.88 Å². The number of aromatic nitrogens is 1. The second-order valence-corrected chi connectivity index (χ2v) is 9.31. The van der Waals surface area contributed by atoms with E-state index in [-0.39, 0.29) is 11.8 Å². The van der Waals surface area contributed by atoms with E-state index >= 15 is 4.39 Å². The molecule has 2 N–H and O–H groups in total. The number of thiazole rings is 1. The van der Waals surface area contributed by atoms with Gasteiger partial charge in [0.1, 0.15) is 5.82 Å². The second-order valence-electron chi connectivity index (χ2n) is 8.25. The molecule has 0 radical (unpaired) electrons. The van der Waals surface area contributed by atoms with E-state index in [9.17, 15) is 4.79 Å². The van der Waals surface area contributed by atoms with Gasteiger partial charge in [0.25, 0.3) is 0 Å². The minimum Gasteiger partial charge on any atom is -0.375 e. The molecule has 0 aliphatic carbocycles. The third-order valence-corrected chi connectivity index (χ3v) is 6.58. The number of rotatable bonds is 4. The standard InChI is InChI=1S/C25H23FN4OS/c1-15-9-16(2)11-17(10-15)14-29-7-8-30(25(29)31)19-4-5-20(21(26)13-19)18-3-6-22-23(12-18)32-24(27)28-22/h3-6,9-13H,7-8,14H2,1-2H3,(H2,27,28). The van der Waals surface area contributed by atoms with Crippen LogP contribution >= 0.6 is 11.3 Å². The molecule has 3 aromatic carbocycles. The number of hydrogen-bond donors (Lipinski definition) is 1. The van der Waals surface area contributed by atoms with Crippen molar-refractivity contribution in [3.05, 3.63) is 77.1 Å². The van der Waals surface area contributed by atoms with Crippen LogP contribution in [0.2, 0.25) is 0 Å². The van der Waals surface area contributed by atoms with Crippen LogP contribution in [0.15, 0.2) is 54.6 Å². The van der Waals surface area contributed by atoms with Crippen LogP contribution in [0.25, 0.3) is 21.3 Å². The van der Waals surface area contributed by atoms with Crippen molar-refractivity contribution in [2.24, 2.45) is 0 Å². The van der Waals surface area contributed by atoms with E-state index in [2.05, 4.69) is 37.0 Å². The van der Waals surface area contributed by atoms with Crippen molar-refractivity contribution >= 4 is 38.4 Å². The number of anilines is 2. The first-order valence-electron chi connectivity index (χ1n) is 10.5. The van der Waals surface area contributed by atoms with E-state index in [1.54, 1.807) is 11.0 Å². The Hall–Kier alpha value is -3.45. The SMILES string of the molecule is Cc1cc(C)cc(CN2CCN(c3ccc(-c4ccc5nc(N)sc5c4)c(F)c3)C2=O)c1. The largest absolute Gasteiger partial charge is 0.375 e. The third kappa shape index (κ3) is 3.80. The number of urea groups is 1. The zero-order valence-corrected chi connectivity index (χ0v) is 18.7. The smallest absolute Gasteiger partial charge is 0.324 e. The quantitative estimate of drug-likeness (QED) is 0.435. The molecular formula is C25H23FN4OS. The number of nitrogen functional groups attached to an aromatic ring is 1. The van der Waals surface area contributed by atoms with Gasteiger partial charge in [-0.2, -0.15) is 0 Å². The van der Waals surface area contributed by atoms with E-state index in [1.165, 1.54) is 28.5 Å². The molecule has 5 rings (SSSR count). The molecule has 5 nitrogen and oxygen atoms in total. The molecule has 4 aromatic rings. The average molecular weight is 447 g/mol. The highest BCUT2D eigenvalue weighted by atomic mass is 32.1. The fourth-order valence-electron chi connectivity index (χ4n) is 4.37. The molecule has 0 unspecified atom stereocenters. The lowest BCUT2D eigenvalue weighted by atomic mass is 10.0. The number of carbonyl (C=O) groups is 1. The van der Waals surface area contributed by atoms with Gasteiger partial charge in [0.2, 0.25) is 0 Å². The van der Waals surface area contributed by atoms with Crippen LogP contribution in [0.1, 0.15) is 16.7 Å². The monoisotopic (exact) mass is 446 g/mol. The molecule has 0 bridgehead atoms. The molecule has 0 saturated carbocycles. The van der Waals surface area contributed by atoms with Crippen LogP contribution in [-0.4, -0.2) is 29.0 Å². The lowest BCUT2D eigenvalue weighted by Gasteiger charge is -2.20. The van der Waals surface area contributed by atoms with Gasteiger partial charge in [-0.1, -0.05) is 46.7 Å².